The summed E-state index contributed by atoms with van der Waals surface area (Å²) >= 11 is 3.37. The van der Waals surface area contributed by atoms with Gasteiger partial charge in [0.2, 0.25) is 0 Å². The predicted molar refractivity (Wildman–Crippen MR) is 79.1 cm³/mol. The van der Waals surface area contributed by atoms with Gasteiger partial charge in [-0.3, -0.25) is 0 Å². The first-order valence-corrected chi connectivity index (χ1v) is 6.94. The minimum Gasteiger partial charge on any atom is -0.360 e. The van der Waals surface area contributed by atoms with Crippen LogP contribution < -0.4 is 5.32 Å². The van der Waals surface area contributed by atoms with Gasteiger partial charge in [-0.05, 0) is 40.5 Å². The van der Waals surface area contributed by atoms with Crippen LogP contribution in [0.4, 0.5) is 10.2 Å². The fourth-order valence-corrected chi connectivity index (χ4v) is 2.44. The highest BCUT2D eigenvalue weighted by Crippen LogP contribution is 2.22. The first-order valence-electron chi connectivity index (χ1n) is 6.15. The smallest absolute Gasteiger partial charge is 0.180 e. The molecule has 0 fully saturated rings. The third-order valence-electron chi connectivity index (χ3n) is 3.07. The van der Waals surface area contributed by atoms with Crippen molar-refractivity contribution in [2.24, 2.45) is 0 Å². The van der Waals surface area contributed by atoms with Gasteiger partial charge >= 0.3 is 0 Å². The number of fused-ring (bicyclic) bond motifs is 1. The number of benzene rings is 1. The Morgan fingerprint density at radius 2 is 2.05 bits per heavy atom. The first-order chi connectivity index (χ1) is 9.63. The zero-order chi connectivity index (χ0) is 14.1. The molecule has 4 nitrogen and oxygen atoms in total. The third kappa shape index (κ3) is 2.51. The summed E-state index contributed by atoms with van der Waals surface area (Å²) in [6, 6.07) is 6.42. The average Bonchev–Trinajstić information content (AvgIpc) is 2.87. The number of hydrogen-bond donors (Lipinski definition) is 1. The SMILES string of the molecule is CC(Nc1nc(Br)cn2ccnc12)c1ccc(F)cc1. The maximum absolute atomic E-state index is 12.9. The normalized spacial score (nSPS) is 12.6. The molecule has 6 heteroatoms. The molecule has 1 atom stereocenters. The topological polar surface area (TPSA) is 42.2 Å². The summed E-state index contributed by atoms with van der Waals surface area (Å²) < 4.78 is 15.5. The Labute approximate surface area is 123 Å². The van der Waals surface area contributed by atoms with Crippen LogP contribution in [-0.2, 0) is 0 Å². The Morgan fingerprint density at radius 1 is 1.30 bits per heavy atom. The number of halogens is 2. The molecule has 0 spiro atoms. The lowest BCUT2D eigenvalue weighted by Crippen LogP contribution is -2.09. The molecule has 0 amide bonds. The molecule has 0 saturated carbocycles. The minimum absolute atomic E-state index is 0.00194. The molecule has 3 rings (SSSR count). The van der Waals surface area contributed by atoms with Crippen molar-refractivity contribution < 1.29 is 4.39 Å². The summed E-state index contributed by atoms with van der Waals surface area (Å²) in [5.41, 5.74) is 1.74. The molecular formula is C14H12BrFN4. The Bertz CT molecular complexity index is 739. The molecule has 0 aliphatic rings. The van der Waals surface area contributed by atoms with Crippen molar-refractivity contribution in [2.75, 3.05) is 5.32 Å². The fraction of sp³-hybridized carbons (Fsp3) is 0.143. The Kier molecular flexibility index (Phi) is 3.40. The lowest BCUT2D eigenvalue weighted by atomic mass is 10.1. The van der Waals surface area contributed by atoms with Crippen LogP contribution in [0.1, 0.15) is 18.5 Å². The van der Waals surface area contributed by atoms with Crippen LogP contribution in [0.2, 0.25) is 0 Å². The van der Waals surface area contributed by atoms with Crippen LogP contribution in [0.3, 0.4) is 0 Å². The standard InChI is InChI=1S/C14H12BrFN4/c1-9(10-2-4-11(16)5-3-10)18-13-14-17-6-7-20(14)8-12(15)19-13/h2-9H,1H3,(H,18,19). The molecule has 0 saturated heterocycles. The van der Waals surface area contributed by atoms with Gasteiger partial charge in [0.25, 0.3) is 0 Å². The van der Waals surface area contributed by atoms with Gasteiger partial charge in [-0.25, -0.2) is 14.4 Å². The van der Waals surface area contributed by atoms with Gasteiger partial charge in [0, 0.05) is 18.6 Å². The summed E-state index contributed by atoms with van der Waals surface area (Å²) in [5.74, 6) is 0.443. The monoisotopic (exact) mass is 334 g/mol. The molecule has 2 heterocycles. The summed E-state index contributed by atoms with van der Waals surface area (Å²) in [6.07, 6.45) is 5.42. The van der Waals surface area contributed by atoms with Gasteiger partial charge < -0.3 is 9.72 Å². The van der Waals surface area contributed by atoms with E-state index >= 15 is 0 Å². The number of nitrogens with one attached hydrogen (secondary N) is 1. The molecule has 0 radical (unpaired) electrons. The zero-order valence-corrected chi connectivity index (χ0v) is 12.3. The predicted octanol–water partition coefficient (Wildman–Crippen LogP) is 3.80. The Hall–Kier alpha value is -1.95. The molecular weight excluding hydrogens is 323 g/mol. The molecule has 1 N–H and O–H groups in total. The Balaban J connectivity index is 1.92. The van der Waals surface area contributed by atoms with E-state index in [1.807, 2.05) is 23.7 Å². The second-order valence-corrected chi connectivity index (χ2v) is 5.30. The van der Waals surface area contributed by atoms with Gasteiger partial charge in [-0.1, -0.05) is 12.1 Å². The average molecular weight is 335 g/mol. The van der Waals surface area contributed by atoms with Crippen molar-refractivity contribution >= 4 is 27.4 Å². The van der Waals surface area contributed by atoms with Crippen molar-refractivity contribution in [1.29, 1.82) is 0 Å². The highest BCUT2D eigenvalue weighted by Gasteiger charge is 2.11. The quantitative estimate of drug-likeness (QED) is 0.792. The molecule has 20 heavy (non-hydrogen) atoms. The maximum Gasteiger partial charge on any atom is 0.180 e. The van der Waals surface area contributed by atoms with E-state index in [1.165, 1.54) is 12.1 Å². The Morgan fingerprint density at radius 3 is 2.80 bits per heavy atom. The fourth-order valence-electron chi connectivity index (χ4n) is 2.04. The van der Waals surface area contributed by atoms with E-state index in [1.54, 1.807) is 18.3 Å². The number of imidazole rings is 1. The number of anilines is 1. The molecule has 0 aliphatic heterocycles. The van der Waals surface area contributed by atoms with E-state index in [2.05, 4.69) is 31.2 Å². The van der Waals surface area contributed by atoms with Gasteiger partial charge in [-0.15, -0.1) is 0 Å². The second-order valence-electron chi connectivity index (χ2n) is 4.49. The largest absolute Gasteiger partial charge is 0.360 e. The zero-order valence-electron chi connectivity index (χ0n) is 10.7. The number of nitrogens with zero attached hydrogens (tertiary/aromatic N) is 3. The van der Waals surface area contributed by atoms with Crippen molar-refractivity contribution in [2.45, 2.75) is 13.0 Å². The van der Waals surface area contributed by atoms with E-state index in [-0.39, 0.29) is 11.9 Å². The third-order valence-corrected chi connectivity index (χ3v) is 3.45. The summed E-state index contributed by atoms with van der Waals surface area (Å²) in [7, 11) is 0. The lowest BCUT2D eigenvalue weighted by molar-refractivity contribution is 0.626. The molecule has 2 aromatic heterocycles. The van der Waals surface area contributed by atoms with Gasteiger partial charge in [0.1, 0.15) is 10.4 Å². The van der Waals surface area contributed by atoms with E-state index in [0.29, 0.717) is 5.82 Å². The van der Waals surface area contributed by atoms with Gasteiger partial charge in [0.05, 0.1) is 6.04 Å². The van der Waals surface area contributed by atoms with E-state index in [4.69, 9.17) is 0 Å². The highest BCUT2D eigenvalue weighted by atomic mass is 79.9. The molecule has 3 aromatic rings. The van der Waals surface area contributed by atoms with Crippen LogP contribution in [0.15, 0.2) is 47.5 Å². The number of aromatic nitrogens is 3. The molecule has 1 unspecified atom stereocenters. The summed E-state index contributed by atoms with van der Waals surface area (Å²) in [4.78, 5) is 8.68. The second kappa shape index (κ2) is 5.20. The van der Waals surface area contributed by atoms with E-state index in [9.17, 15) is 4.39 Å². The van der Waals surface area contributed by atoms with Crippen molar-refractivity contribution in [3.63, 3.8) is 0 Å². The van der Waals surface area contributed by atoms with Crippen LogP contribution >= 0.6 is 15.9 Å². The van der Waals surface area contributed by atoms with Crippen LogP contribution in [0, 0.1) is 5.82 Å². The molecule has 0 bridgehead atoms. The first kappa shape index (κ1) is 13.1. The van der Waals surface area contributed by atoms with Crippen LogP contribution in [-0.4, -0.2) is 14.4 Å². The van der Waals surface area contributed by atoms with Gasteiger partial charge in [0.15, 0.2) is 11.5 Å². The van der Waals surface area contributed by atoms with Crippen molar-refractivity contribution in [1.82, 2.24) is 14.4 Å². The number of rotatable bonds is 3. The highest BCUT2D eigenvalue weighted by molar-refractivity contribution is 9.10. The summed E-state index contributed by atoms with van der Waals surface area (Å²) in [5, 5.41) is 3.30. The van der Waals surface area contributed by atoms with Gasteiger partial charge in [-0.2, -0.15) is 0 Å². The van der Waals surface area contributed by atoms with E-state index in [0.717, 1.165) is 15.8 Å². The molecule has 102 valence electrons. The maximum atomic E-state index is 12.9. The summed E-state index contributed by atoms with van der Waals surface area (Å²) in [6.45, 7) is 2.00. The lowest BCUT2D eigenvalue weighted by Gasteiger charge is -2.15. The van der Waals surface area contributed by atoms with E-state index < -0.39 is 0 Å². The van der Waals surface area contributed by atoms with Crippen LogP contribution in [0.5, 0.6) is 0 Å². The van der Waals surface area contributed by atoms with Crippen molar-refractivity contribution in [3.8, 4) is 0 Å². The molecule has 1 aromatic carbocycles. The molecule has 0 aliphatic carbocycles. The van der Waals surface area contributed by atoms with Crippen molar-refractivity contribution in [3.05, 3.63) is 58.8 Å². The minimum atomic E-state index is -0.239. The van der Waals surface area contributed by atoms with Crippen LogP contribution in [0.25, 0.3) is 5.65 Å². The number of hydrogen-bond acceptors (Lipinski definition) is 3.